The predicted molar refractivity (Wildman–Crippen MR) is 95.9 cm³/mol. The Labute approximate surface area is 147 Å². The molecule has 1 aromatic heterocycles. The molecule has 0 amide bonds. The molecular formula is C16H25BN2O4S. The van der Waals surface area contributed by atoms with Gasteiger partial charge < -0.3 is 19.8 Å². The van der Waals surface area contributed by atoms with Gasteiger partial charge in [0.05, 0.1) is 23.5 Å². The summed E-state index contributed by atoms with van der Waals surface area (Å²) < 4.78 is 17.1. The second-order valence-corrected chi connectivity index (χ2v) is 7.73. The molecule has 1 saturated heterocycles. The van der Waals surface area contributed by atoms with Crippen molar-refractivity contribution in [1.82, 2.24) is 4.98 Å². The third kappa shape index (κ3) is 3.72. The minimum atomic E-state index is -0.518. The van der Waals surface area contributed by atoms with E-state index in [2.05, 4.69) is 4.98 Å². The standard InChI is InChI=1S/C16H25BN2O4S/c1-7-21-14(20)13-10(2)19-12(24-13)8-11(9-18)17-22-15(3,4)16(5,6)23-17/h8H,7,9,18H2,1-6H3. The van der Waals surface area contributed by atoms with Gasteiger partial charge in [-0.3, -0.25) is 0 Å². The summed E-state index contributed by atoms with van der Waals surface area (Å²) in [5.74, 6) is -0.350. The molecule has 0 atom stereocenters. The quantitative estimate of drug-likeness (QED) is 0.648. The van der Waals surface area contributed by atoms with Crippen molar-refractivity contribution in [2.75, 3.05) is 13.2 Å². The van der Waals surface area contributed by atoms with E-state index >= 15 is 0 Å². The molecule has 24 heavy (non-hydrogen) atoms. The van der Waals surface area contributed by atoms with E-state index in [4.69, 9.17) is 19.8 Å². The Morgan fingerprint density at radius 3 is 2.42 bits per heavy atom. The van der Waals surface area contributed by atoms with Gasteiger partial charge in [-0.05, 0) is 53.1 Å². The Hall–Kier alpha value is -1.22. The van der Waals surface area contributed by atoms with Crippen LogP contribution < -0.4 is 5.73 Å². The van der Waals surface area contributed by atoms with Crippen LogP contribution in [0.3, 0.4) is 0 Å². The van der Waals surface area contributed by atoms with Gasteiger partial charge in [0.15, 0.2) is 0 Å². The van der Waals surface area contributed by atoms with Gasteiger partial charge in [0.25, 0.3) is 0 Å². The fourth-order valence-electron chi connectivity index (χ4n) is 2.24. The average molecular weight is 352 g/mol. The third-order valence-electron chi connectivity index (χ3n) is 4.37. The van der Waals surface area contributed by atoms with Gasteiger partial charge in [0, 0.05) is 6.54 Å². The second-order valence-electron chi connectivity index (χ2n) is 6.70. The van der Waals surface area contributed by atoms with E-state index in [1.807, 2.05) is 33.8 Å². The van der Waals surface area contributed by atoms with E-state index in [1.165, 1.54) is 11.3 Å². The van der Waals surface area contributed by atoms with Crippen LogP contribution in [0.1, 0.15) is 55.0 Å². The largest absolute Gasteiger partial charge is 0.491 e. The number of nitrogens with zero attached hydrogens (tertiary/aromatic N) is 1. The van der Waals surface area contributed by atoms with Gasteiger partial charge in [0.1, 0.15) is 9.88 Å². The Kier molecular flexibility index (Phi) is 5.54. The van der Waals surface area contributed by atoms with Crippen LogP contribution in [-0.2, 0) is 14.0 Å². The molecule has 0 radical (unpaired) electrons. The first-order valence-corrected chi connectivity index (χ1v) is 8.83. The monoisotopic (exact) mass is 352 g/mol. The number of rotatable bonds is 5. The lowest BCUT2D eigenvalue weighted by Crippen LogP contribution is -2.41. The lowest BCUT2D eigenvalue weighted by molar-refractivity contribution is 0.00578. The summed E-state index contributed by atoms with van der Waals surface area (Å²) in [6.07, 6.45) is 1.84. The number of carbonyl (C=O) groups excluding carboxylic acids is 1. The molecule has 2 rings (SSSR count). The first-order chi connectivity index (χ1) is 11.1. The zero-order chi connectivity index (χ0) is 18.1. The Morgan fingerprint density at radius 2 is 1.92 bits per heavy atom. The van der Waals surface area contributed by atoms with Crippen LogP contribution in [0.5, 0.6) is 0 Å². The molecule has 0 spiro atoms. The van der Waals surface area contributed by atoms with Gasteiger partial charge in [0.2, 0.25) is 0 Å². The van der Waals surface area contributed by atoms with Crippen molar-refractivity contribution < 1.29 is 18.8 Å². The number of thiazole rings is 1. The van der Waals surface area contributed by atoms with Gasteiger partial charge in [-0.15, -0.1) is 11.3 Å². The van der Waals surface area contributed by atoms with E-state index in [1.54, 1.807) is 13.8 Å². The number of esters is 1. The van der Waals surface area contributed by atoms with Crippen molar-refractivity contribution >= 4 is 30.5 Å². The zero-order valence-corrected chi connectivity index (χ0v) is 16.0. The van der Waals surface area contributed by atoms with Crippen LogP contribution in [0.4, 0.5) is 0 Å². The SMILES string of the molecule is CCOC(=O)c1sc(C=C(CN)B2OC(C)(C)C(C)(C)O2)nc1C. The Balaban J connectivity index is 2.26. The predicted octanol–water partition coefficient (Wildman–Crippen LogP) is 2.60. The molecule has 1 aliphatic heterocycles. The lowest BCUT2D eigenvalue weighted by Gasteiger charge is -2.32. The molecule has 0 unspecified atom stereocenters. The topological polar surface area (TPSA) is 83.7 Å². The lowest BCUT2D eigenvalue weighted by atomic mass is 9.78. The van der Waals surface area contributed by atoms with E-state index in [9.17, 15) is 4.79 Å². The highest BCUT2D eigenvalue weighted by molar-refractivity contribution is 7.14. The van der Waals surface area contributed by atoms with Crippen molar-refractivity contribution in [3.05, 3.63) is 21.1 Å². The molecule has 6 nitrogen and oxygen atoms in total. The van der Waals surface area contributed by atoms with Crippen LogP contribution in [-0.4, -0.2) is 42.4 Å². The molecule has 0 aliphatic carbocycles. The maximum Gasteiger partial charge on any atom is 0.491 e. The molecule has 0 saturated carbocycles. The molecule has 1 fully saturated rings. The smallest absolute Gasteiger partial charge is 0.462 e. The Bertz CT molecular complexity index is 639. The highest BCUT2D eigenvalue weighted by Crippen LogP contribution is 2.38. The summed E-state index contributed by atoms with van der Waals surface area (Å²) >= 11 is 1.28. The van der Waals surface area contributed by atoms with Crippen molar-refractivity contribution in [2.24, 2.45) is 5.73 Å². The zero-order valence-electron chi connectivity index (χ0n) is 15.1. The number of nitrogens with two attached hydrogens (primary N) is 1. The van der Waals surface area contributed by atoms with Gasteiger partial charge >= 0.3 is 13.1 Å². The highest BCUT2D eigenvalue weighted by Gasteiger charge is 2.52. The van der Waals surface area contributed by atoms with E-state index in [0.29, 0.717) is 22.2 Å². The third-order valence-corrected chi connectivity index (χ3v) is 5.46. The van der Waals surface area contributed by atoms with E-state index < -0.39 is 18.3 Å². The number of hydrogen-bond donors (Lipinski definition) is 1. The average Bonchev–Trinajstić information content (AvgIpc) is 2.93. The van der Waals surface area contributed by atoms with Crippen LogP contribution in [0, 0.1) is 6.92 Å². The van der Waals surface area contributed by atoms with Crippen LogP contribution >= 0.6 is 11.3 Å². The summed E-state index contributed by atoms with van der Waals surface area (Å²) in [7, 11) is -0.518. The number of hydrogen-bond acceptors (Lipinski definition) is 7. The first-order valence-electron chi connectivity index (χ1n) is 8.02. The molecule has 2 heterocycles. The number of aryl methyl sites for hydroxylation is 1. The molecule has 0 bridgehead atoms. The summed E-state index contributed by atoms with van der Waals surface area (Å²) in [4.78, 5) is 16.8. The molecular weight excluding hydrogens is 327 g/mol. The van der Waals surface area contributed by atoms with Gasteiger partial charge in [-0.25, -0.2) is 9.78 Å². The van der Waals surface area contributed by atoms with Gasteiger partial charge in [-0.2, -0.15) is 0 Å². The summed E-state index contributed by atoms with van der Waals surface area (Å²) in [6, 6.07) is 0. The maximum atomic E-state index is 11.9. The van der Waals surface area contributed by atoms with Crippen molar-refractivity contribution in [3.8, 4) is 0 Å². The van der Waals surface area contributed by atoms with Crippen molar-refractivity contribution in [2.45, 2.75) is 52.7 Å². The molecule has 0 aromatic carbocycles. The number of aromatic nitrogens is 1. The first kappa shape index (κ1) is 19.1. The minimum absolute atomic E-state index is 0.282. The van der Waals surface area contributed by atoms with Crippen molar-refractivity contribution in [3.63, 3.8) is 0 Å². The van der Waals surface area contributed by atoms with Gasteiger partial charge in [-0.1, -0.05) is 0 Å². The van der Waals surface area contributed by atoms with Crippen molar-refractivity contribution in [1.29, 1.82) is 0 Å². The fourth-order valence-corrected chi connectivity index (χ4v) is 3.18. The molecule has 2 N–H and O–H groups in total. The normalized spacial score (nSPS) is 19.6. The minimum Gasteiger partial charge on any atom is -0.462 e. The summed E-state index contributed by atoms with van der Waals surface area (Å²) in [5.41, 5.74) is 6.47. The van der Waals surface area contributed by atoms with Crippen LogP contribution in [0.15, 0.2) is 5.47 Å². The summed E-state index contributed by atoms with van der Waals surface area (Å²) in [6.45, 7) is 12.2. The van der Waals surface area contributed by atoms with E-state index in [0.717, 1.165) is 5.47 Å². The molecule has 1 aliphatic rings. The molecule has 1 aromatic rings. The molecule has 132 valence electrons. The van der Waals surface area contributed by atoms with Crippen LogP contribution in [0.25, 0.3) is 6.08 Å². The number of ether oxygens (including phenoxy) is 1. The Morgan fingerprint density at radius 1 is 1.33 bits per heavy atom. The highest BCUT2D eigenvalue weighted by atomic mass is 32.1. The fraction of sp³-hybridized carbons (Fsp3) is 0.625. The van der Waals surface area contributed by atoms with Crippen LogP contribution in [0.2, 0.25) is 0 Å². The number of carbonyl (C=O) groups is 1. The van der Waals surface area contributed by atoms with E-state index in [-0.39, 0.29) is 12.5 Å². The second kappa shape index (κ2) is 6.96. The summed E-state index contributed by atoms with van der Waals surface area (Å²) in [5, 5.41) is 0.686. The maximum absolute atomic E-state index is 11.9. The molecule has 8 heteroatoms.